The highest BCUT2D eigenvalue weighted by atomic mass is 35.5. The van der Waals surface area contributed by atoms with Crippen molar-refractivity contribution in [1.82, 2.24) is 24.6 Å². The maximum Gasteiger partial charge on any atom is 0.490 e. The van der Waals surface area contributed by atoms with Crippen LogP contribution in [0.5, 0.6) is 5.75 Å². The Labute approximate surface area is 248 Å². The number of fused-ring (bicyclic) bond motifs is 1. The van der Waals surface area contributed by atoms with Crippen LogP contribution in [0.3, 0.4) is 0 Å². The minimum absolute atomic E-state index is 0.157. The lowest BCUT2D eigenvalue weighted by Gasteiger charge is -2.27. The predicted octanol–water partition coefficient (Wildman–Crippen LogP) is 5.35. The summed E-state index contributed by atoms with van der Waals surface area (Å²) in [5.74, 6) is -6.43. The Morgan fingerprint density at radius 2 is 1.75 bits per heavy atom. The van der Waals surface area contributed by atoms with Gasteiger partial charge in [0.1, 0.15) is 0 Å². The molecule has 3 N–H and O–H groups in total. The van der Waals surface area contributed by atoms with Gasteiger partial charge in [-0.05, 0) is 30.3 Å². The molecule has 3 heterocycles. The summed E-state index contributed by atoms with van der Waals surface area (Å²) in [7, 11) is 0. The molecule has 0 bridgehead atoms. The number of halogens is 8. The molecule has 1 saturated heterocycles. The molecule has 0 aliphatic carbocycles. The van der Waals surface area contributed by atoms with Crippen molar-refractivity contribution in [2.45, 2.75) is 12.8 Å². The van der Waals surface area contributed by atoms with E-state index in [4.69, 9.17) is 21.5 Å². The van der Waals surface area contributed by atoms with E-state index in [1.54, 1.807) is 23.1 Å². The van der Waals surface area contributed by atoms with Crippen LogP contribution in [0.2, 0.25) is 5.02 Å². The number of amides is 1. The molecule has 18 heteroatoms. The molecule has 1 amide bonds. The molecule has 234 valence electrons. The number of benzene rings is 2. The van der Waals surface area contributed by atoms with Crippen molar-refractivity contribution in [3.05, 3.63) is 71.1 Å². The second-order valence-electron chi connectivity index (χ2n) is 8.90. The molecule has 2 aromatic carbocycles. The minimum Gasteiger partial charge on any atom is -0.475 e. The molecule has 0 radical (unpaired) electrons. The number of carboxylic acids is 1. The minimum atomic E-state index is -5.08. The van der Waals surface area contributed by atoms with Crippen LogP contribution >= 0.6 is 11.6 Å². The third kappa shape index (κ3) is 7.28. The lowest BCUT2D eigenvalue weighted by molar-refractivity contribution is -0.192. The van der Waals surface area contributed by atoms with E-state index in [1.807, 2.05) is 0 Å². The Bertz CT molecular complexity index is 1680. The second kappa shape index (κ2) is 13.3. The van der Waals surface area contributed by atoms with Gasteiger partial charge < -0.3 is 25.4 Å². The van der Waals surface area contributed by atoms with Crippen LogP contribution in [0.1, 0.15) is 10.4 Å². The molecule has 5 rings (SSSR count). The van der Waals surface area contributed by atoms with Gasteiger partial charge in [-0.25, -0.2) is 19.2 Å². The number of nitrogens with zero attached hydrogens (tertiary/aromatic N) is 4. The number of aromatic nitrogens is 3. The van der Waals surface area contributed by atoms with E-state index in [1.165, 1.54) is 23.0 Å². The Morgan fingerprint density at radius 1 is 1.07 bits per heavy atom. The van der Waals surface area contributed by atoms with E-state index >= 15 is 0 Å². The van der Waals surface area contributed by atoms with Gasteiger partial charge >= 0.3 is 18.8 Å². The predicted molar refractivity (Wildman–Crippen MR) is 142 cm³/mol. The summed E-state index contributed by atoms with van der Waals surface area (Å²) in [4.78, 5) is 31.9. The normalized spacial score (nSPS) is 13.4. The van der Waals surface area contributed by atoms with Crippen LogP contribution in [0, 0.1) is 11.6 Å². The lowest BCUT2D eigenvalue weighted by Crippen LogP contribution is -2.46. The highest BCUT2D eigenvalue weighted by Crippen LogP contribution is 2.32. The van der Waals surface area contributed by atoms with Gasteiger partial charge in [0.05, 0.1) is 22.5 Å². The number of imidazole rings is 1. The van der Waals surface area contributed by atoms with Crippen LogP contribution in [-0.2, 0) is 4.79 Å². The first-order valence-corrected chi connectivity index (χ1v) is 12.8. The third-order valence-corrected chi connectivity index (χ3v) is 6.39. The fraction of sp³-hybridized carbons (Fsp3) is 0.231. The Hall–Kier alpha value is -4.64. The summed E-state index contributed by atoms with van der Waals surface area (Å²) in [5.41, 5.74) is 1.14. The van der Waals surface area contributed by atoms with E-state index in [0.29, 0.717) is 24.3 Å². The van der Waals surface area contributed by atoms with E-state index in [2.05, 4.69) is 25.3 Å². The molecule has 0 spiro atoms. The molecular weight excluding hydrogens is 629 g/mol. The van der Waals surface area contributed by atoms with Crippen LogP contribution in [0.25, 0.3) is 16.9 Å². The van der Waals surface area contributed by atoms with Gasteiger partial charge in [0.2, 0.25) is 5.82 Å². The van der Waals surface area contributed by atoms with Gasteiger partial charge in [-0.1, -0.05) is 11.6 Å². The number of piperazine rings is 1. The third-order valence-electron chi connectivity index (χ3n) is 6.08. The molecule has 1 fully saturated rings. The van der Waals surface area contributed by atoms with Gasteiger partial charge in [0.25, 0.3) is 5.91 Å². The molecule has 0 atom stereocenters. The number of alkyl halides is 5. The van der Waals surface area contributed by atoms with Crippen molar-refractivity contribution < 1.29 is 50.2 Å². The van der Waals surface area contributed by atoms with E-state index in [-0.39, 0.29) is 33.7 Å². The fourth-order valence-corrected chi connectivity index (χ4v) is 4.33. The van der Waals surface area contributed by atoms with Crippen molar-refractivity contribution >= 4 is 40.6 Å². The van der Waals surface area contributed by atoms with Crippen molar-refractivity contribution in [2.24, 2.45) is 0 Å². The maximum atomic E-state index is 14.7. The lowest BCUT2D eigenvalue weighted by atomic mass is 10.1. The summed E-state index contributed by atoms with van der Waals surface area (Å²) in [6.07, 6.45) is -0.866. The molecule has 2 aromatic heterocycles. The van der Waals surface area contributed by atoms with Crippen molar-refractivity contribution in [3.63, 3.8) is 0 Å². The molecule has 0 saturated carbocycles. The number of hydrogen-bond acceptors (Lipinski definition) is 7. The number of carboxylic acid groups (broad SMARTS) is 1. The number of aliphatic carboxylic acids is 1. The number of anilines is 2. The van der Waals surface area contributed by atoms with E-state index in [0.717, 1.165) is 25.2 Å². The Kier molecular flexibility index (Phi) is 9.78. The van der Waals surface area contributed by atoms with Crippen molar-refractivity contribution in [3.8, 4) is 17.0 Å². The van der Waals surface area contributed by atoms with Gasteiger partial charge in [-0.3, -0.25) is 9.20 Å². The molecule has 1 aliphatic rings. The smallest absolute Gasteiger partial charge is 0.475 e. The fourth-order valence-electron chi connectivity index (χ4n) is 4.06. The van der Waals surface area contributed by atoms with E-state index < -0.39 is 36.1 Å². The average molecular weight is 649 g/mol. The van der Waals surface area contributed by atoms with Gasteiger partial charge in [0.15, 0.2) is 23.0 Å². The zero-order valence-corrected chi connectivity index (χ0v) is 22.8. The number of carbonyl (C=O) groups excluding carboxylic acids is 1. The molecule has 0 unspecified atom stereocenters. The van der Waals surface area contributed by atoms with Crippen LogP contribution in [0.15, 0.2) is 48.9 Å². The number of rotatable bonds is 6. The SMILES string of the molecule is O=C(O)C(F)(F)F.O=C(c1ccc(Nc2nccn3c(-c4ccc(OC(F)F)c(F)c4F)cnc23)cc1Cl)N1CCNCC1. The van der Waals surface area contributed by atoms with Crippen LogP contribution < -0.4 is 15.4 Å². The summed E-state index contributed by atoms with van der Waals surface area (Å²) >= 11 is 6.41. The summed E-state index contributed by atoms with van der Waals surface area (Å²) in [6, 6.07) is 6.93. The summed E-state index contributed by atoms with van der Waals surface area (Å²) < 4.78 is 91.1. The number of nitrogens with one attached hydrogen (secondary N) is 2. The Morgan fingerprint density at radius 3 is 2.36 bits per heavy atom. The highest BCUT2D eigenvalue weighted by molar-refractivity contribution is 6.34. The zero-order valence-electron chi connectivity index (χ0n) is 22.0. The number of ether oxygens (including phenoxy) is 1. The number of hydrogen-bond donors (Lipinski definition) is 3. The molecule has 10 nitrogen and oxygen atoms in total. The average Bonchev–Trinajstić information content (AvgIpc) is 3.40. The van der Waals surface area contributed by atoms with Crippen LogP contribution in [-0.4, -0.2) is 75.2 Å². The Balaban J connectivity index is 0.000000566. The first-order chi connectivity index (χ1) is 20.8. The quantitative estimate of drug-likeness (QED) is 0.239. The molecule has 4 aromatic rings. The van der Waals surface area contributed by atoms with E-state index in [9.17, 15) is 35.5 Å². The van der Waals surface area contributed by atoms with Gasteiger partial charge in [-0.15, -0.1) is 0 Å². The van der Waals surface area contributed by atoms with Crippen molar-refractivity contribution in [2.75, 3.05) is 31.5 Å². The largest absolute Gasteiger partial charge is 0.490 e. The second-order valence-corrected chi connectivity index (χ2v) is 9.30. The first kappa shape index (κ1) is 32.3. The van der Waals surface area contributed by atoms with Crippen LogP contribution in [0.4, 0.5) is 42.2 Å². The molecule has 44 heavy (non-hydrogen) atoms. The molecule has 1 aliphatic heterocycles. The van der Waals surface area contributed by atoms with Gasteiger partial charge in [0, 0.05) is 49.8 Å². The highest BCUT2D eigenvalue weighted by Gasteiger charge is 2.38. The number of carbonyl (C=O) groups is 2. The first-order valence-electron chi connectivity index (χ1n) is 12.4. The standard InChI is InChI=1S/C24H19ClF4N6O2.C2HF3O2/c25-16-11-13(1-2-14(16)23(36)34-8-5-30-6-9-34)33-21-22-32-12-17(35(22)10-7-31-21)15-3-4-18(37-24(28)29)20(27)19(15)26;3-2(4,5)1(6)7/h1-4,7,10-12,24,30H,5-6,8-9H2,(H,31,33);(H,6,7). The van der Waals surface area contributed by atoms with Crippen molar-refractivity contribution in [1.29, 1.82) is 0 Å². The van der Waals surface area contributed by atoms with Gasteiger partial charge in [-0.2, -0.15) is 26.3 Å². The summed E-state index contributed by atoms with van der Waals surface area (Å²) in [6.45, 7) is -0.673. The molecular formula is C26H20ClF7N6O4. The summed E-state index contributed by atoms with van der Waals surface area (Å²) in [5, 5.41) is 13.6. The monoisotopic (exact) mass is 648 g/mol. The maximum absolute atomic E-state index is 14.7. The zero-order chi connectivity index (χ0) is 32.2. The topological polar surface area (TPSA) is 121 Å².